The van der Waals surface area contributed by atoms with Gasteiger partial charge in [0.2, 0.25) is 0 Å². The Morgan fingerprint density at radius 3 is 2.29 bits per heavy atom. The second-order valence-corrected chi connectivity index (χ2v) is 6.54. The van der Waals surface area contributed by atoms with Crippen LogP contribution in [0.3, 0.4) is 0 Å². The molecule has 128 valence electrons. The number of aryl methyl sites for hydroxylation is 3. The Kier molecular flexibility index (Phi) is 5.99. The first-order valence-corrected chi connectivity index (χ1v) is 8.24. The predicted octanol–water partition coefficient (Wildman–Crippen LogP) is 3.64. The molecule has 2 rings (SSSR count). The van der Waals surface area contributed by atoms with Gasteiger partial charge in [0, 0.05) is 5.69 Å². The van der Waals surface area contributed by atoms with Crippen molar-refractivity contribution >= 4 is 11.6 Å². The molecule has 3 N–H and O–H groups in total. The zero-order chi connectivity index (χ0) is 17.7. The van der Waals surface area contributed by atoms with Gasteiger partial charge in [0.05, 0.1) is 12.6 Å². The van der Waals surface area contributed by atoms with Crippen LogP contribution in [0.5, 0.6) is 0 Å². The quantitative estimate of drug-likeness (QED) is 0.652. The van der Waals surface area contributed by atoms with Crippen molar-refractivity contribution in [3.05, 3.63) is 64.7 Å². The van der Waals surface area contributed by atoms with Crippen molar-refractivity contribution in [1.29, 1.82) is 0 Å². The number of rotatable bonds is 5. The van der Waals surface area contributed by atoms with Gasteiger partial charge in [0.25, 0.3) is 0 Å². The minimum Gasteiger partial charge on any atom is -0.370 e. The summed E-state index contributed by atoms with van der Waals surface area (Å²) >= 11 is 0. The lowest BCUT2D eigenvalue weighted by molar-refractivity contribution is 0.306. The predicted molar refractivity (Wildman–Crippen MR) is 104 cm³/mol. The van der Waals surface area contributed by atoms with Crippen molar-refractivity contribution in [3.8, 4) is 0 Å². The summed E-state index contributed by atoms with van der Waals surface area (Å²) in [5, 5.41) is 3.17. The fourth-order valence-electron chi connectivity index (χ4n) is 2.55. The molecule has 4 heteroatoms. The maximum absolute atomic E-state index is 6.06. The molecule has 1 atom stereocenters. The SMILES string of the molecule is Cc1ccc(C(CN=C(N)Nc2ccc(C)c(C)c2)N(C)C)cc1. The Labute approximate surface area is 145 Å². The lowest BCUT2D eigenvalue weighted by Crippen LogP contribution is -2.27. The van der Waals surface area contributed by atoms with Crippen LogP contribution in [-0.2, 0) is 0 Å². The average Bonchev–Trinajstić information content (AvgIpc) is 2.52. The Hall–Kier alpha value is -2.33. The molecule has 4 nitrogen and oxygen atoms in total. The zero-order valence-corrected chi connectivity index (χ0v) is 15.3. The van der Waals surface area contributed by atoms with Crippen molar-refractivity contribution in [1.82, 2.24) is 4.90 Å². The van der Waals surface area contributed by atoms with Gasteiger partial charge in [0.15, 0.2) is 5.96 Å². The van der Waals surface area contributed by atoms with Gasteiger partial charge in [0.1, 0.15) is 0 Å². The molecule has 0 saturated carbocycles. The van der Waals surface area contributed by atoms with Crippen LogP contribution in [0.4, 0.5) is 5.69 Å². The number of hydrogen-bond donors (Lipinski definition) is 2. The summed E-state index contributed by atoms with van der Waals surface area (Å²) in [7, 11) is 4.12. The fraction of sp³-hybridized carbons (Fsp3) is 0.350. The molecule has 0 aliphatic rings. The number of guanidine groups is 1. The number of likely N-dealkylation sites (N-methyl/N-ethyl adjacent to an activating group) is 1. The van der Waals surface area contributed by atoms with Gasteiger partial charge in [-0.2, -0.15) is 0 Å². The smallest absolute Gasteiger partial charge is 0.193 e. The standard InChI is InChI=1S/C20H28N4/c1-14-6-9-17(10-7-14)19(24(4)5)13-22-20(21)23-18-11-8-15(2)16(3)12-18/h6-12,19H,13H2,1-5H3,(H3,21,22,23). The van der Waals surface area contributed by atoms with Gasteiger partial charge in [-0.15, -0.1) is 0 Å². The Balaban J connectivity index is 2.07. The maximum Gasteiger partial charge on any atom is 0.193 e. The van der Waals surface area contributed by atoms with Crippen LogP contribution in [-0.4, -0.2) is 31.5 Å². The maximum atomic E-state index is 6.06. The van der Waals surface area contributed by atoms with E-state index in [1.807, 2.05) is 6.07 Å². The number of nitrogens with zero attached hydrogens (tertiary/aromatic N) is 2. The first-order chi connectivity index (χ1) is 11.4. The number of nitrogens with one attached hydrogen (secondary N) is 1. The molecule has 0 aliphatic carbocycles. The van der Waals surface area contributed by atoms with Crippen LogP contribution in [0.2, 0.25) is 0 Å². The molecule has 0 amide bonds. The summed E-state index contributed by atoms with van der Waals surface area (Å²) in [6.45, 7) is 6.89. The van der Waals surface area contributed by atoms with E-state index in [9.17, 15) is 0 Å². The summed E-state index contributed by atoms with van der Waals surface area (Å²) < 4.78 is 0. The first kappa shape index (κ1) is 18.0. The molecular weight excluding hydrogens is 296 g/mol. The molecule has 0 aromatic heterocycles. The molecule has 0 saturated heterocycles. The molecule has 0 fully saturated rings. The fourth-order valence-corrected chi connectivity index (χ4v) is 2.55. The number of hydrogen-bond acceptors (Lipinski definition) is 2. The Morgan fingerprint density at radius 1 is 1.04 bits per heavy atom. The number of anilines is 1. The third-order valence-electron chi connectivity index (χ3n) is 4.30. The normalized spacial score (nSPS) is 13.2. The van der Waals surface area contributed by atoms with Crippen molar-refractivity contribution in [3.63, 3.8) is 0 Å². The van der Waals surface area contributed by atoms with E-state index >= 15 is 0 Å². The Morgan fingerprint density at radius 2 is 1.71 bits per heavy atom. The summed E-state index contributed by atoms with van der Waals surface area (Å²) in [6, 6.07) is 15.0. The van der Waals surface area contributed by atoms with E-state index in [4.69, 9.17) is 5.73 Å². The van der Waals surface area contributed by atoms with Gasteiger partial charge in [-0.3, -0.25) is 4.99 Å². The molecular formula is C20H28N4. The third kappa shape index (κ3) is 4.83. The monoisotopic (exact) mass is 324 g/mol. The molecule has 1 unspecified atom stereocenters. The van der Waals surface area contributed by atoms with E-state index in [0.717, 1.165) is 5.69 Å². The summed E-state index contributed by atoms with van der Waals surface area (Å²) in [4.78, 5) is 6.70. The highest BCUT2D eigenvalue weighted by molar-refractivity contribution is 5.92. The Bertz CT molecular complexity index is 702. The molecule has 0 bridgehead atoms. The van der Waals surface area contributed by atoms with Crippen LogP contribution in [0, 0.1) is 20.8 Å². The summed E-state index contributed by atoms with van der Waals surface area (Å²) in [5.41, 5.74) is 12.0. The second-order valence-electron chi connectivity index (χ2n) is 6.54. The third-order valence-corrected chi connectivity index (χ3v) is 4.30. The van der Waals surface area contributed by atoms with E-state index in [0.29, 0.717) is 12.5 Å². The van der Waals surface area contributed by atoms with E-state index in [2.05, 4.69) is 86.5 Å². The van der Waals surface area contributed by atoms with E-state index in [-0.39, 0.29) is 6.04 Å². The first-order valence-electron chi connectivity index (χ1n) is 8.24. The minimum atomic E-state index is 0.200. The lowest BCUT2D eigenvalue weighted by atomic mass is 10.0. The molecule has 0 aliphatic heterocycles. The summed E-state index contributed by atoms with van der Waals surface area (Å²) in [6.07, 6.45) is 0. The van der Waals surface area contributed by atoms with E-state index < -0.39 is 0 Å². The molecule has 0 spiro atoms. The molecule has 2 aromatic rings. The molecule has 2 aromatic carbocycles. The van der Waals surface area contributed by atoms with Crippen LogP contribution in [0.1, 0.15) is 28.3 Å². The van der Waals surface area contributed by atoms with Crippen LogP contribution in [0.25, 0.3) is 0 Å². The van der Waals surface area contributed by atoms with Crippen molar-refractivity contribution in [2.24, 2.45) is 10.7 Å². The van der Waals surface area contributed by atoms with Crippen molar-refractivity contribution in [2.45, 2.75) is 26.8 Å². The van der Waals surface area contributed by atoms with Crippen molar-refractivity contribution in [2.75, 3.05) is 26.0 Å². The van der Waals surface area contributed by atoms with Gasteiger partial charge < -0.3 is 16.0 Å². The molecule has 24 heavy (non-hydrogen) atoms. The summed E-state index contributed by atoms with van der Waals surface area (Å²) in [5.74, 6) is 0.442. The highest BCUT2D eigenvalue weighted by Gasteiger charge is 2.13. The van der Waals surface area contributed by atoms with E-state index in [1.54, 1.807) is 0 Å². The lowest BCUT2D eigenvalue weighted by Gasteiger charge is -2.23. The largest absolute Gasteiger partial charge is 0.370 e. The average molecular weight is 324 g/mol. The highest BCUT2D eigenvalue weighted by Crippen LogP contribution is 2.19. The molecule has 0 radical (unpaired) electrons. The zero-order valence-electron chi connectivity index (χ0n) is 15.3. The van der Waals surface area contributed by atoms with Gasteiger partial charge >= 0.3 is 0 Å². The number of nitrogens with two attached hydrogens (primary N) is 1. The number of benzene rings is 2. The molecule has 0 heterocycles. The van der Waals surface area contributed by atoms with Crippen LogP contribution >= 0.6 is 0 Å². The van der Waals surface area contributed by atoms with Gasteiger partial charge in [-0.25, -0.2) is 0 Å². The van der Waals surface area contributed by atoms with Gasteiger partial charge in [-0.05, 0) is 63.7 Å². The van der Waals surface area contributed by atoms with Gasteiger partial charge in [-0.1, -0.05) is 35.9 Å². The number of aliphatic imine (C=N–C) groups is 1. The van der Waals surface area contributed by atoms with Crippen LogP contribution in [0.15, 0.2) is 47.5 Å². The minimum absolute atomic E-state index is 0.200. The topological polar surface area (TPSA) is 53.6 Å². The van der Waals surface area contributed by atoms with E-state index in [1.165, 1.54) is 22.3 Å². The second kappa shape index (κ2) is 7.97. The highest BCUT2D eigenvalue weighted by atomic mass is 15.1. The van der Waals surface area contributed by atoms with Crippen LogP contribution < -0.4 is 11.1 Å². The van der Waals surface area contributed by atoms with Crippen molar-refractivity contribution < 1.29 is 0 Å².